The van der Waals surface area contributed by atoms with Gasteiger partial charge in [-0.1, -0.05) is 22.0 Å². The summed E-state index contributed by atoms with van der Waals surface area (Å²) < 4.78 is 27.0. The lowest BCUT2D eigenvalue weighted by Crippen LogP contribution is -2.32. The maximum atomic E-state index is 13.4. The molecule has 1 amide bonds. The third-order valence-electron chi connectivity index (χ3n) is 1.95. The molecule has 0 saturated carbocycles. The number of nitrogens with one attached hydrogen (secondary N) is 1. The number of benzene rings is 1. The standard InChI is InChI=1S/C11H10BrF2NO/c1-3-6(2)15-11(16)10-8(13)4-7(12)5-9(10)14/h3-6H,1H2,2H3,(H,15,16). The first kappa shape index (κ1) is 12.8. The van der Waals surface area contributed by atoms with E-state index in [2.05, 4.69) is 27.8 Å². The molecule has 0 fully saturated rings. The Bertz CT molecular complexity index is 411. The highest BCUT2D eigenvalue weighted by atomic mass is 79.9. The van der Waals surface area contributed by atoms with Crippen LogP contribution < -0.4 is 5.32 Å². The maximum Gasteiger partial charge on any atom is 0.257 e. The van der Waals surface area contributed by atoms with E-state index in [0.29, 0.717) is 0 Å². The van der Waals surface area contributed by atoms with E-state index in [4.69, 9.17) is 0 Å². The van der Waals surface area contributed by atoms with Crippen molar-refractivity contribution in [3.8, 4) is 0 Å². The van der Waals surface area contributed by atoms with Crippen molar-refractivity contribution in [2.24, 2.45) is 0 Å². The van der Waals surface area contributed by atoms with Gasteiger partial charge in [0.25, 0.3) is 5.91 Å². The third-order valence-corrected chi connectivity index (χ3v) is 2.40. The van der Waals surface area contributed by atoms with Crippen LogP contribution in [0.2, 0.25) is 0 Å². The zero-order valence-electron chi connectivity index (χ0n) is 8.56. The van der Waals surface area contributed by atoms with Gasteiger partial charge in [-0.25, -0.2) is 8.78 Å². The van der Waals surface area contributed by atoms with Crippen LogP contribution in [0.1, 0.15) is 17.3 Å². The quantitative estimate of drug-likeness (QED) is 0.852. The molecule has 1 atom stereocenters. The Balaban J connectivity index is 3.04. The molecule has 16 heavy (non-hydrogen) atoms. The number of carbonyl (C=O) groups is 1. The lowest BCUT2D eigenvalue weighted by Gasteiger charge is -2.10. The SMILES string of the molecule is C=CC(C)NC(=O)c1c(F)cc(Br)cc1F. The van der Waals surface area contributed by atoms with Crippen molar-refractivity contribution in [2.75, 3.05) is 0 Å². The van der Waals surface area contributed by atoms with Crippen LogP contribution in [0, 0.1) is 11.6 Å². The molecule has 0 aromatic heterocycles. The average molecular weight is 290 g/mol. The number of halogens is 3. The molecular formula is C11H10BrF2NO. The lowest BCUT2D eigenvalue weighted by molar-refractivity contribution is 0.0938. The summed E-state index contributed by atoms with van der Waals surface area (Å²) >= 11 is 2.93. The second-order valence-corrected chi connectivity index (χ2v) is 4.16. The Morgan fingerprint density at radius 2 is 2.00 bits per heavy atom. The normalized spacial score (nSPS) is 12.0. The van der Waals surface area contributed by atoms with Crippen LogP contribution in [0.15, 0.2) is 29.3 Å². The van der Waals surface area contributed by atoms with E-state index >= 15 is 0 Å². The maximum absolute atomic E-state index is 13.4. The summed E-state index contributed by atoms with van der Waals surface area (Å²) in [5.74, 6) is -2.60. The van der Waals surface area contributed by atoms with Gasteiger partial charge in [0.05, 0.1) is 0 Å². The molecule has 0 heterocycles. The predicted molar refractivity (Wildman–Crippen MR) is 61.2 cm³/mol. The second-order valence-electron chi connectivity index (χ2n) is 3.24. The predicted octanol–water partition coefficient (Wildman–Crippen LogP) is 3.03. The highest BCUT2D eigenvalue weighted by Gasteiger charge is 2.18. The summed E-state index contributed by atoms with van der Waals surface area (Å²) in [6, 6.07) is 1.72. The molecule has 1 aromatic carbocycles. The minimum Gasteiger partial charge on any atom is -0.346 e. The minimum absolute atomic E-state index is 0.246. The topological polar surface area (TPSA) is 29.1 Å². The van der Waals surface area contributed by atoms with E-state index in [1.165, 1.54) is 6.08 Å². The first-order chi connectivity index (χ1) is 7.45. The van der Waals surface area contributed by atoms with E-state index in [1.807, 2.05) is 0 Å². The summed E-state index contributed by atoms with van der Waals surface area (Å²) in [5.41, 5.74) is -0.586. The number of hydrogen-bond acceptors (Lipinski definition) is 1. The van der Waals surface area contributed by atoms with Crippen molar-refractivity contribution in [1.82, 2.24) is 5.32 Å². The monoisotopic (exact) mass is 289 g/mol. The number of carbonyl (C=O) groups excluding carboxylic acids is 1. The molecule has 0 aliphatic rings. The van der Waals surface area contributed by atoms with Gasteiger partial charge in [-0.15, -0.1) is 6.58 Å². The van der Waals surface area contributed by atoms with Crippen LogP contribution in [-0.4, -0.2) is 11.9 Å². The van der Waals surface area contributed by atoms with Crippen LogP contribution in [-0.2, 0) is 0 Å². The zero-order valence-corrected chi connectivity index (χ0v) is 10.1. The van der Waals surface area contributed by atoms with Crippen LogP contribution in [0.3, 0.4) is 0 Å². The molecule has 0 aliphatic heterocycles. The molecule has 2 nitrogen and oxygen atoms in total. The molecule has 1 N–H and O–H groups in total. The van der Waals surface area contributed by atoms with E-state index in [-0.39, 0.29) is 10.5 Å². The molecular weight excluding hydrogens is 280 g/mol. The Hall–Kier alpha value is -1.23. The molecule has 1 aromatic rings. The fourth-order valence-electron chi connectivity index (χ4n) is 1.10. The Kier molecular flexibility index (Phi) is 4.18. The van der Waals surface area contributed by atoms with Gasteiger partial charge in [-0.3, -0.25) is 4.79 Å². The molecule has 1 unspecified atom stereocenters. The molecule has 0 saturated heterocycles. The Morgan fingerprint density at radius 3 is 2.44 bits per heavy atom. The van der Waals surface area contributed by atoms with Crippen LogP contribution in [0.5, 0.6) is 0 Å². The molecule has 0 radical (unpaired) electrons. The molecule has 0 aliphatic carbocycles. The van der Waals surface area contributed by atoms with Crippen LogP contribution >= 0.6 is 15.9 Å². The first-order valence-electron chi connectivity index (χ1n) is 4.53. The zero-order chi connectivity index (χ0) is 12.3. The van der Waals surface area contributed by atoms with Gasteiger partial charge < -0.3 is 5.32 Å². The summed E-state index contributed by atoms with van der Waals surface area (Å²) in [7, 11) is 0. The highest BCUT2D eigenvalue weighted by molar-refractivity contribution is 9.10. The van der Waals surface area contributed by atoms with E-state index < -0.39 is 23.1 Å². The largest absolute Gasteiger partial charge is 0.346 e. The van der Waals surface area contributed by atoms with Crippen molar-refractivity contribution in [3.05, 3.63) is 46.5 Å². The molecule has 86 valence electrons. The van der Waals surface area contributed by atoms with Gasteiger partial charge in [0, 0.05) is 10.5 Å². The van der Waals surface area contributed by atoms with Crippen molar-refractivity contribution in [2.45, 2.75) is 13.0 Å². The summed E-state index contributed by atoms with van der Waals surface area (Å²) in [6.07, 6.45) is 1.46. The fourth-order valence-corrected chi connectivity index (χ4v) is 1.50. The van der Waals surface area contributed by atoms with Gasteiger partial charge in [0.1, 0.15) is 17.2 Å². The van der Waals surface area contributed by atoms with Gasteiger partial charge in [0.15, 0.2) is 0 Å². The van der Waals surface area contributed by atoms with Crippen LogP contribution in [0.4, 0.5) is 8.78 Å². The van der Waals surface area contributed by atoms with E-state index in [9.17, 15) is 13.6 Å². The van der Waals surface area contributed by atoms with Crippen molar-refractivity contribution in [1.29, 1.82) is 0 Å². The van der Waals surface area contributed by atoms with E-state index in [0.717, 1.165) is 12.1 Å². The number of amides is 1. The van der Waals surface area contributed by atoms with Crippen LogP contribution in [0.25, 0.3) is 0 Å². The van der Waals surface area contributed by atoms with Gasteiger partial charge in [-0.05, 0) is 19.1 Å². The first-order valence-corrected chi connectivity index (χ1v) is 5.33. The molecule has 5 heteroatoms. The number of hydrogen-bond donors (Lipinski definition) is 1. The minimum atomic E-state index is -0.902. The fraction of sp³-hybridized carbons (Fsp3) is 0.182. The van der Waals surface area contributed by atoms with Gasteiger partial charge in [0.2, 0.25) is 0 Å². The van der Waals surface area contributed by atoms with Gasteiger partial charge in [-0.2, -0.15) is 0 Å². The van der Waals surface area contributed by atoms with Crippen molar-refractivity contribution >= 4 is 21.8 Å². The lowest BCUT2D eigenvalue weighted by atomic mass is 10.1. The highest BCUT2D eigenvalue weighted by Crippen LogP contribution is 2.19. The van der Waals surface area contributed by atoms with E-state index in [1.54, 1.807) is 6.92 Å². The summed E-state index contributed by atoms with van der Waals surface area (Å²) in [6.45, 7) is 5.11. The molecule has 0 bridgehead atoms. The Labute approximate surface area is 100 Å². The van der Waals surface area contributed by atoms with Crippen molar-refractivity contribution in [3.63, 3.8) is 0 Å². The number of rotatable bonds is 3. The second kappa shape index (κ2) is 5.21. The smallest absolute Gasteiger partial charge is 0.257 e. The summed E-state index contributed by atoms with van der Waals surface area (Å²) in [4.78, 5) is 11.5. The molecule has 1 rings (SSSR count). The Morgan fingerprint density at radius 1 is 1.50 bits per heavy atom. The molecule has 0 spiro atoms. The van der Waals surface area contributed by atoms with Crippen molar-refractivity contribution < 1.29 is 13.6 Å². The average Bonchev–Trinajstić information content (AvgIpc) is 2.15. The van der Waals surface area contributed by atoms with Gasteiger partial charge >= 0.3 is 0 Å². The summed E-state index contributed by atoms with van der Waals surface area (Å²) in [5, 5.41) is 2.39. The third kappa shape index (κ3) is 2.88.